The fraction of sp³-hybridized carbons (Fsp3) is 0.278. The predicted molar refractivity (Wildman–Crippen MR) is 92.9 cm³/mol. The summed E-state index contributed by atoms with van der Waals surface area (Å²) in [7, 11) is 0. The molecule has 0 fully saturated rings. The Morgan fingerprint density at radius 2 is 2.12 bits per heavy atom. The van der Waals surface area contributed by atoms with Crippen LogP contribution in [0.15, 0.2) is 40.8 Å². The highest BCUT2D eigenvalue weighted by Gasteiger charge is 2.27. The number of amides is 1. The van der Waals surface area contributed by atoms with Crippen molar-refractivity contribution in [2.45, 2.75) is 26.4 Å². The maximum atomic E-state index is 11.9. The van der Waals surface area contributed by atoms with Gasteiger partial charge in [0.05, 0.1) is 11.5 Å². The van der Waals surface area contributed by atoms with Gasteiger partial charge in [-0.25, -0.2) is 0 Å². The average Bonchev–Trinajstić information content (AvgIpc) is 2.90. The lowest BCUT2D eigenvalue weighted by Crippen LogP contribution is -2.38. The average molecular weight is 344 g/mol. The van der Waals surface area contributed by atoms with Crippen molar-refractivity contribution < 1.29 is 19.2 Å². The van der Waals surface area contributed by atoms with Crippen LogP contribution in [0, 0.1) is 24.0 Å². The first-order valence-electron chi connectivity index (χ1n) is 7.69. The van der Waals surface area contributed by atoms with Gasteiger partial charge < -0.3 is 14.8 Å². The number of benzene rings is 1. The number of carbonyl (C=O) groups is 1. The van der Waals surface area contributed by atoms with Crippen molar-refractivity contribution in [2.75, 3.05) is 6.54 Å². The Morgan fingerprint density at radius 1 is 1.40 bits per heavy atom. The van der Waals surface area contributed by atoms with Gasteiger partial charge in [-0.3, -0.25) is 14.9 Å². The van der Waals surface area contributed by atoms with E-state index in [9.17, 15) is 20.0 Å². The highest BCUT2D eigenvalue weighted by molar-refractivity contribution is 5.91. The third-order valence-electron chi connectivity index (χ3n) is 3.74. The first-order valence-corrected chi connectivity index (χ1v) is 7.69. The number of furan rings is 1. The second kappa shape index (κ2) is 7.31. The maximum Gasteiger partial charge on any atom is 0.270 e. The van der Waals surface area contributed by atoms with Gasteiger partial charge in [-0.1, -0.05) is 12.1 Å². The lowest BCUT2D eigenvalue weighted by molar-refractivity contribution is -0.384. The molecule has 0 aliphatic heterocycles. The van der Waals surface area contributed by atoms with Crippen molar-refractivity contribution in [1.82, 2.24) is 5.32 Å². The summed E-state index contributed by atoms with van der Waals surface area (Å²) in [5.74, 6) is 0.873. The highest BCUT2D eigenvalue weighted by Crippen LogP contribution is 2.26. The first kappa shape index (κ1) is 18.4. The van der Waals surface area contributed by atoms with Crippen molar-refractivity contribution in [3.63, 3.8) is 0 Å². The Labute approximate surface area is 145 Å². The standard InChI is InChI=1S/C18H20N2O5/c1-12-9-16(13(2)25-12)18(3,22)11-19-17(21)8-7-14-5-4-6-15(10-14)20(23)24/h4-10,22H,11H2,1-3H3,(H,19,21). The fourth-order valence-corrected chi connectivity index (χ4v) is 2.49. The van der Waals surface area contributed by atoms with Gasteiger partial charge in [0.15, 0.2) is 0 Å². The van der Waals surface area contributed by atoms with Crippen LogP contribution in [0.3, 0.4) is 0 Å². The molecular weight excluding hydrogens is 324 g/mol. The molecular formula is C18H20N2O5. The molecule has 25 heavy (non-hydrogen) atoms. The number of aryl methyl sites for hydroxylation is 2. The van der Waals surface area contributed by atoms with Gasteiger partial charge >= 0.3 is 0 Å². The molecule has 2 aromatic rings. The molecule has 0 saturated heterocycles. The number of nitro benzene ring substituents is 1. The Bertz CT molecular complexity index is 821. The van der Waals surface area contributed by atoms with E-state index in [0.717, 1.165) is 0 Å². The molecule has 0 saturated carbocycles. The van der Waals surface area contributed by atoms with Crippen LogP contribution in [0.5, 0.6) is 0 Å². The van der Waals surface area contributed by atoms with Gasteiger partial charge in [0.2, 0.25) is 5.91 Å². The molecule has 7 nitrogen and oxygen atoms in total. The fourth-order valence-electron chi connectivity index (χ4n) is 2.49. The number of carbonyl (C=O) groups excluding carboxylic acids is 1. The van der Waals surface area contributed by atoms with E-state index in [1.165, 1.54) is 24.3 Å². The van der Waals surface area contributed by atoms with Crippen molar-refractivity contribution in [3.05, 3.63) is 69.2 Å². The van der Waals surface area contributed by atoms with Crippen molar-refractivity contribution in [1.29, 1.82) is 0 Å². The largest absolute Gasteiger partial charge is 0.466 e. The van der Waals surface area contributed by atoms with Crippen LogP contribution in [-0.2, 0) is 10.4 Å². The van der Waals surface area contributed by atoms with Crippen LogP contribution >= 0.6 is 0 Å². The van der Waals surface area contributed by atoms with Crippen LogP contribution in [0.1, 0.15) is 29.6 Å². The van der Waals surface area contributed by atoms with Crippen LogP contribution in [0.4, 0.5) is 5.69 Å². The summed E-state index contributed by atoms with van der Waals surface area (Å²) >= 11 is 0. The number of rotatable bonds is 6. The quantitative estimate of drug-likeness (QED) is 0.476. The monoisotopic (exact) mass is 344 g/mol. The molecule has 0 spiro atoms. The summed E-state index contributed by atoms with van der Waals surface area (Å²) in [5, 5.41) is 23.9. The summed E-state index contributed by atoms with van der Waals surface area (Å²) in [6, 6.07) is 7.69. The molecule has 7 heteroatoms. The molecule has 2 N–H and O–H groups in total. The number of nitrogens with one attached hydrogen (secondary N) is 1. The third-order valence-corrected chi connectivity index (χ3v) is 3.74. The Morgan fingerprint density at radius 3 is 2.72 bits per heavy atom. The molecule has 1 unspecified atom stereocenters. The van der Waals surface area contributed by atoms with E-state index >= 15 is 0 Å². The van der Waals surface area contributed by atoms with E-state index in [1.807, 2.05) is 0 Å². The maximum absolute atomic E-state index is 11.9. The molecule has 1 atom stereocenters. The molecule has 1 aromatic heterocycles. The van der Waals surface area contributed by atoms with Gasteiger partial charge in [-0.15, -0.1) is 0 Å². The number of nitrogens with zero attached hydrogens (tertiary/aromatic N) is 1. The van der Waals surface area contributed by atoms with E-state index in [0.29, 0.717) is 22.6 Å². The normalized spacial score (nSPS) is 13.6. The summed E-state index contributed by atoms with van der Waals surface area (Å²) in [6.07, 6.45) is 2.74. The summed E-state index contributed by atoms with van der Waals surface area (Å²) in [5.41, 5.74) is -0.154. The Balaban J connectivity index is 1.99. The number of nitro groups is 1. The summed E-state index contributed by atoms with van der Waals surface area (Å²) in [4.78, 5) is 22.2. The number of non-ortho nitro benzene ring substituents is 1. The lowest BCUT2D eigenvalue weighted by atomic mass is 9.96. The van der Waals surface area contributed by atoms with E-state index in [1.54, 1.807) is 39.0 Å². The van der Waals surface area contributed by atoms with E-state index in [2.05, 4.69) is 5.32 Å². The van der Waals surface area contributed by atoms with Crippen LogP contribution in [0.25, 0.3) is 6.08 Å². The zero-order valence-electron chi connectivity index (χ0n) is 14.3. The van der Waals surface area contributed by atoms with Crippen LogP contribution in [0.2, 0.25) is 0 Å². The summed E-state index contributed by atoms with van der Waals surface area (Å²) in [6.45, 7) is 5.13. The molecule has 1 heterocycles. The van der Waals surface area contributed by atoms with E-state index in [-0.39, 0.29) is 12.2 Å². The predicted octanol–water partition coefficient (Wildman–Crippen LogP) is 2.84. The Hall–Kier alpha value is -2.93. The Kier molecular flexibility index (Phi) is 5.38. The first-order chi connectivity index (χ1) is 11.7. The number of hydrogen-bond acceptors (Lipinski definition) is 5. The van der Waals surface area contributed by atoms with Gasteiger partial charge in [0, 0.05) is 23.8 Å². The molecule has 132 valence electrons. The molecule has 1 aromatic carbocycles. The van der Waals surface area contributed by atoms with Crippen molar-refractivity contribution in [2.24, 2.45) is 0 Å². The lowest BCUT2D eigenvalue weighted by Gasteiger charge is -2.22. The van der Waals surface area contributed by atoms with Crippen molar-refractivity contribution in [3.8, 4) is 0 Å². The molecule has 1 amide bonds. The molecule has 0 radical (unpaired) electrons. The van der Waals surface area contributed by atoms with E-state index in [4.69, 9.17) is 4.42 Å². The minimum absolute atomic E-state index is 0.00489. The molecule has 0 bridgehead atoms. The van der Waals surface area contributed by atoms with Crippen LogP contribution in [-0.4, -0.2) is 22.5 Å². The topological polar surface area (TPSA) is 106 Å². The second-order valence-corrected chi connectivity index (χ2v) is 6.00. The second-order valence-electron chi connectivity index (χ2n) is 6.00. The van der Waals surface area contributed by atoms with E-state index < -0.39 is 16.4 Å². The molecule has 0 aliphatic rings. The number of aliphatic hydroxyl groups is 1. The third kappa shape index (κ3) is 4.77. The van der Waals surface area contributed by atoms with Crippen molar-refractivity contribution >= 4 is 17.7 Å². The SMILES string of the molecule is Cc1cc(C(C)(O)CNC(=O)C=Cc2cccc([N+](=O)[O-])c2)c(C)o1. The zero-order valence-corrected chi connectivity index (χ0v) is 14.3. The minimum atomic E-state index is -1.27. The molecule has 2 rings (SSSR count). The zero-order chi connectivity index (χ0) is 18.6. The molecule has 0 aliphatic carbocycles. The van der Waals surface area contributed by atoms with Gasteiger partial charge in [0.25, 0.3) is 5.69 Å². The van der Waals surface area contributed by atoms with Crippen LogP contribution < -0.4 is 5.32 Å². The van der Waals surface area contributed by atoms with Gasteiger partial charge in [-0.05, 0) is 38.5 Å². The van der Waals surface area contributed by atoms with Gasteiger partial charge in [-0.2, -0.15) is 0 Å². The minimum Gasteiger partial charge on any atom is -0.466 e. The summed E-state index contributed by atoms with van der Waals surface area (Å²) < 4.78 is 5.40. The smallest absolute Gasteiger partial charge is 0.270 e. The number of hydrogen-bond donors (Lipinski definition) is 2. The highest BCUT2D eigenvalue weighted by atomic mass is 16.6. The van der Waals surface area contributed by atoms with Gasteiger partial charge in [0.1, 0.15) is 17.1 Å².